The minimum atomic E-state index is -0.946. The van der Waals surface area contributed by atoms with Gasteiger partial charge < -0.3 is 20.1 Å². The van der Waals surface area contributed by atoms with Crippen LogP contribution in [0.25, 0.3) is 0 Å². The fraction of sp³-hybridized carbons (Fsp3) is 0.550. The van der Waals surface area contributed by atoms with Crippen molar-refractivity contribution >= 4 is 23.5 Å². The van der Waals surface area contributed by atoms with Gasteiger partial charge in [-0.05, 0) is 30.9 Å². The van der Waals surface area contributed by atoms with E-state index in [0.29, 0.717) is 32.6 Å². The van der Waals surface area contributed by atoms with Gasteiger partial charge in [-0.2, -0.15) is 0 Å². The van der Waals surface area contributed by atoms with Crippen LogP contribution in [0.3, 0.4) is 0 Å². The Morgan fingerprint density at radius 2 is 2.00 bits per heavy atom. The van der Waals surface area contributed by atoms with E-state index in [1.165, 1.54) is 0 Å². The SMILES string of the molecule is CCc1ccccc1N1CC(C(=O)NC2(CC(=O)O)CCOCC2)CC1=O. The Labute approximate surface area is 158 Å². The summed E-state index contributed by atoms with van der Waals surface area (Å²) in [6, 6.07) is 7.72. The first-order valence-corrected chi connectivity index (χ1v) is 9.44. The van der Waals surface area contributed by atoms with Crippen molar-refractivity contribution < 1.29 is 24.2 Å². The van der Waals surface area contributed by atoms with Gasteiger partial charge in [0.05, 0.1) is 17.9 Å². The van der Waals surface area contributed by atoms with Crippen LogP contribution < -0.4 is 10.2 Å². The molecule has 146 valence electrons. The van der Waals surface area contributed by atoms with Crippen molar-refractivity contribution in [3.8, 4) is 0 Å². The molecule has 2 aliphatic rings. The summed E-state index contributed by atoms with van der Waals surface area (Å²) in [7, 11) is 0. The number of rotatable bonds is 6. The summed E-state index contributed by atoms with van der Waals surface area (Å²) in [5.74, 6) is -1.74. The number of carboxylic acid groups (broad SMARTS) is 1. The molecule has 2 N–H and O–H groups in total. The number of aryl methyl sites for hydroxylation is 1. The second-order valence-electron chi connectivity index (χ2n) is 7.34. The van der Waals surface area contributed by atoms with Gasteiger partial charge in [-0.15, -0.1) is 0 Å². The Morgan fingerprint density at radius 3 is 2.67 bits per heavy atom. The number of aliphatic carboxylic acids is 1. The van der Waals surface area contributed by atoms with Crippen molar-refractivity contribution in [3.63, 3.8) is 0 Å². The van der Waals surface area contributed by atoms with Gasteiger partial charge in [0.15, 0.2) is 0 Å². The van der Waals surface area contributed by atoms with Crippen LogP contribution in [-0.2, 0) is 25.5 Å². The largest absolute Gasteiger partial charge is 0.481 e. The molecule has 1 aromatic carbocycles. The maximum absolute atomic E-state index is 12.9. The highest BCUT2D eigenvalue weighted by Crippen LogP contribution is 2.30. The number of anilines is 1. The average Bonchev–Trinajstić information content (AvgIpc) is 3.03. The number of carboxylic acids is 1. The third-order valence-electron chi connectivity index (χ3n) is 5.49. The minimum absolute atomic E-state index is 0.0738. The lowest BCUT2D eigenvalue weighted by Gasteiger charge is -2.37. The van der Waals surface area contributed by atoms with Crippen LogP contribution in [0.2, 0.25) is 0 Å². The van der Waals surface area contributed by atoms with E-state index in [-0.39, 0.29) is 24.7 Å². The molecular weight excluding hydrogens is 348 g/mol. The zero-order chi connectivity index (χ0) is 19.4. The molecule has 1 atom stereocenters. The fourth-order valence-electron chi connectivity index (χ4n) is 3.95. The summed E-state index contributed by atoms with van der Waals surface area (Å²) in [5.41, 5.74) is 1.13. The lowest BCUT2D eigenvalue weighted by Crippen LogP contribution is -2.54. The molecule has 0 aromatic heterocycles. The van der Waals surface area contributed by atoms with Crippen LogP contribution in [0.5, 0.6) is 0 Å². The van der Waals surface area contributed by atoms with E-state index in [4.69, 9.17) is 4.74 Å². The number of ether oxygens (including phenoxy) is 1. The zero-order valence-electron chi connectivity index (χ0n) is 15.6. The summed E-state index contributed by atoms with van der Waals surface area (Å²) in [6.45, 7) is 3.20. The Hall–Kier alpha value is -2.41. The van der Waals surface area contributed by atoms with Gasteiger partial charge in [0, 0.05) is 31.9 Å². The standard InChI is InChI=1S/C20H26N2O5/c1-2-14-5-3-4-6-16(14)22-13-15(11-17(22)23)19(26)21-20(12-18(24)25)7-9-27-10-8-20/h3-6,15H,2,7-13H2,1H3,(H,21,26)(H,24,25). The number of amides is 2. The molecule has 7 heteroatoms. The van der Waals surface area contributed by atoms with E-state index in [1.807, 2.05) is 31.2 Å². The van der Waals surface area contributed by atoms with Gasteiger partial charge >= 0.3 is 5.97 Å². The Kier molecular flexibility index (Phi) is 5.79. The van der Waals surface area contributed by atoms with Gasteiger partial charge in [-0.25, -0.2) is 0 Å². The minimum Gasteiger partial charge on any atom is -0.481 e. The van der Waals surface area contributed by atoms with Crippen molar-refractivity contribution in [1.82, 2.24) is 5.32 Å². The van der Waals surface area contributed by atoms with Gasteiger partial charge in [0.2, 0.25) is 11.8 Å². The Morgan fingerprint density at radius 1 is 1.30 bits per heavy atom. The van der Waals surface area contributed by atoms with Crippen LogP contribution >= 0.6 is 0 Å². The van der Waals surface area contributed by atoms with E-state index < -0.39 is 17.4 Å². The first-order chi connectivity index (χ1) is 12.9. The monoisotopic (exact) mass is 374 g/mol. The van der Waals surface area contributed by atoms with Crippen molar-refractivity contribution in [2.45, 2.75) is 44.6 Å². The number of hydrogen-bond acceptors (Lipinski definition) is 4. The van der Waals surface area contributed by atoms with Crippen molar-refractivity contribution in [1.29, 1.82) is 0 Å². The summed E-state index contributed by atoms with van der Waals surface area (Å²) in [4.78, 5) is 38.4. The lowest BCUT2D eigenvalue weighted by atomic mass is 9.85. The predicted octanol–water partition coefficient (Wildman–Crippen LogP) is 1.74. The van der Waals surface area contributed by atoms with E-state index in [2.05, 4.69) is 5.32 Å². The average molecular weight is 374 g/mol. The number of carbonyl (C=O) groups is 3. The van der Waals surface area contributed by atoms with Crippen LogP contribution in [0.15, 0.2) is 24.3 Å². The Balaban J connectivity index is 1.72. The first kappa shape index (κ1) is 19.4. The molecule has 1 unspecified atom stereocenters. The topological polar surface area (TPSA) is 95.9 Å². The number of hydrogen-bond donors (Lipinski definition) is 2. The number of carbonyl (C=O) groups excluding carboxylic acids is 2. The quantitative estimate of drug-likeness (QED) is 0.791. The maximum atomic E-state index is 12.9. The highest BCUT2D eigenvalue weighted by Gasteiger charge is 2.41. The summed E-state index contributed by atoms with van der Waals surface area (Å²) in [6.07, 6.45) is 1.75. The summed E-state index contributed by atoms with van der Waals surface area (Å²) in [5, 5.41) is 12.2. The third-order valence-corrected chi connectivity index (χ3v) is 5.49. The molecular formula is C20H26N2O5. The van der Waals surface area contributed by atoms with E-state index in [9.17, 15) is 19.5 Å². The van der Waals surface area contributed by atoms with Gasteiger partial charge in [0.25, 0.3) is 0 Å². The van der Waals surface area contributed by atoms with E-state index in [1.54, 1.807) is 4.90 Å². The lowest BCUT2D eigenvalue weighted by molar-refractivity contribution is -0.141. The van der Waals surface area contributed by atoms with Crippen LogP contribution in [0, 0.1) is 5.92 Å². The summed E-state index contributed by atoms with van der Waals surface area (Å²) >= 11 is 0. The van der Waals surface area contributed by atoms with Gasteiger partial charge in [-0.1, -0.05) is 25.1 Å². The molecule has 7 nitrogen and oxygen atoms in total. The molecule has 2 aliphatic heterocycles. The second-order valence-corrected chi connectivity index (χ2v) is 7.34. The van der Waals surface area contributed by atoms with Crippen LogP contribution in [0.1, 0.15) is 38.2 Å². The van der Waals surface area contributed by atoms with Gasteiger partial charge in [0.1, 0.15) is 0 Å². The molecule has 1 aromatic rings. The first-order valence-electron chi connectivity index (χ1n) is 9.44. The smallest absolute Gasteiger partial charge is 0.305 e. The van der Waals surface area contributed by atoms with Crippen LogP contribution in [0.4, 0.5) is 5.69 Å². The van der Waals surface area contributed by atoms with Crippen molar-refractivity contribution in [2.75, 3.05) is 24.7 Å². The maximum Gasteiger partial charge on any atom is 0.305 e. The molecule has 2 saturated heterocycles. The normalized spacial score (nSPS) is 21.9. The number of benzene rings is 1. The third kappa shape index (κ3) is 4.30. The molecule has 0 saturated carbocycles. The highest BCUT2D eigenvalue weighted by atomic mass is 16.5. The van der Waals surface area contributed by atoms with E-state index >= 15 is 0 Å². The molecule has 27 heavy (non-hydrogen) atoms. The molecule has 0 bridgehead atoms. The van der Waals surface area contributed by atoms with E-state index in [0.717, 1.165) is 17.7 Å². The fourth-order valence-corrected chi connectivity index (χ4v) is 3.95. The van der Waals surface area contributed by atoms with Crippen molar-refractivity contribution in [2.24, 2.45) is 5.92 Å². The summed E-state index contributed by atoms with van der Waals surface area (Å²) < 4.78 is 5.32. The van der Waals surface area contributed by atoms with Crippen molar-refractivity contribution in [3.05, 3.63) is 29.8 Å². The number of nitrogens with one attached hydrogen (secondary N) is 1. The predicted molar refractivity (Wildman–Crippen MR) is 99.5 cm³/mol. The molecule has 0 radical (unpaired) electrons. The van der Waals surface area contributed by atoms with Crippen LogP contribution in [-0.4, -0.2) is 48.2 Å². The Bertz CT molecular complexity index is 727. The molecule has 0 spiro atoms. The molecule has 2 amide bonds. The number of para-hydroxylation sites is 1. The molecule has 0 aliphatic carbocycles. The second kappa shape index (κ2) is 8.08. The highest BCUT2D eigenvalue weighted by molar-refractivity contribution is 6.01. The molecule has 3 rings (SSSR count). The van der Waals surface area contributed by atoms with Gasteiger partial charge in [-0.3, -0.25) is 14.4 Å². The molecule has 2 fully saturated rings. The number of nitrogens with zero attached hydrogens (tertiary/aromatic N) is 1. The molecule has 2 heterocycles. The zero-order valence-corrected chi connectivity index (χ0v) is 15.6.